The highest BCUT2D eigenvalue weighted by molar-refractivity contribution is 5.79. The average molecular weight is 341 g/mol. The zero-order chi connectivity index (χ0) is 18.2. The molecule has 0 saturated carbocycles. The maximum atomic E-state index is 10.2. The van der Waals surface area contributed by atoms with Crippen molar-refractivity contribution >= 4 is 5.96 Å². The normalized spacial score (nSPS) is 11.3. The fraction of sp³-hybridized carbons (Fsp3) is 0.350. The lowest BCUT2D eigenvalue weighted by atomic mass is 10.1. The summed E-state index contributed by atoms with van der Waals surface area (Å²) >= 11 is 0. The summed E-state index contributed by atoms with van der Waals surface area (Å²) < 4.78 is 5.14. The van der Waals surface area contributed by atoms with E-state index >= 15 is 0 Å². The van der Waals surface area contributed by atoms with Crippen molar-refractivity contribution in [2.24, 2.45) is 4.99 Å². The molecule has 0 radical (unpaired) electrons. The maximum absolute atomic E-state index is 10.2. The van der Waals surface area contributed by atoms with Gasteiger partial charge in [0.05, 0.1) is 13.7 Å². The summed E-state index contributed by atoms with van der Waals surface area (Å²) in [6.07, 6.45) is 0. The van der Waals surface area contributed by atoms with E-state index in [2.05, 4.69) is 47.7 Å². The van der Waals surface area contributed by atoms with Gasteiger partial charge in [-0.25, -0.2) is 4.99 Å². The van der Waals surface area contributed by atoms with E-state index in [4.69, 9.17) is 4.74 Å². The summed E-state index contributed by atoms with van der Waals surface area (Å²) in [7, 11) is 1.54. The molecule has 0 saturated heterocycles. The van der Waals surface area contributed by atoms with E-state index in [9.17, 15) is 5.11 Å². The fourth-order valence-electron chi connectivity index (χ4n) is 2.59. The second-order valence-electron chi connectivity index (χ2n) is 5.95. The Kier molecular flexibility index (Phi) is 6.69. The molecule has 0 unspecified atom stereocenters. The van der Waals surface area contributed by atoms with Gasteiger partial charge in [-0.15, -0.1) is 0 Å². The monoisotopic (exact) mass is 341 g/mol. The Balaban J connectivity index is 2.08. The van der Waals surface area contributed by atoms with Crippen molar-refractivity contribution in [2.45, 2.75) is 33.9 Å². The number of ether oxygens (including phenoxy) is 1. The minimum Gasteiger partial charge on any atom is -0.504 e. The van der Waals surface area contributed by atoms with Crippen LogP contribution in [-0.2, 0) is 13.1 Å². The highest BCUT2D eigenvalue weighted by Gasteiger charge is 2.07. The van der Waals surface area contributed by atoms with Crippen molar-refractivity contribution in [3.8, 4) is 11.5 Å². The van der Waals surface area contributed by atoms with Gasteiger partial charge in [-0.3, -0.25) is 0 Å². The zero-order valence-electron chi connectivity index (χ0n) is 15.4. The summed E-state index contributed by atoms with van der Waals surface area (Å²) in [5.74, 6) is 1.31. The molecular formula is C20H27N3O2. The maximum Gasteiger partial charge on any atom is 0.191 e. The smallest absolute Gasteiger partial charge is 0.191 e. The number of rotatable bonds is 6. The second-order valence-corrected chi connectivity index (χ2v) is 5.95. The van der Waals surface area contributed by atoms with Crippen molar-refractivity contribution in [2.75, 3.05) is 13.7 Å². The topological polar surface area (TPSA) is 65.9 Å². The van der Waals surface area contributed by atoms with E-state index in [1.54, 1.807) is 6.07 Å². The van der Waals surface area contributed by atoms with Gasteiger partial charge in [-0.2, -0.15) is 0 Å². The molecule has 0 amide bonds. The number of methoxy groups -OCH3 is 1. The minimum atomic E-state index is 0.138. The van der Waals surface area contributed by atoms with Crippen LogP contribution in [-0.4, -0.2) is 24.7 Å². The molecule has 25 heavy (non-hydrogen) atoms. The third-order valence-electron chi connectivity index (χ3n) is 4.00. The summed E-state index contributed by atoms with van der Waals surface area (Å²) in [5, 5.41) is 16.7. The number of para-hydroxylation sites is 1. The van der Waals surface area contributed by atoms with Crippen LogP contribution in [0.2, 0.25) is 0 Å². The van der Waals surface area contributed by atoms with E-state index in [0.717, 1.165) is 12.1 Å². The van der Waals surface area contributed by atoms with Crippen LogP contribution in [0.5, 0.6) is 11.5 Å². The highest BCUT2D eigenvalue weighted by Crippen LogP contribution is 2.29. The van der Waals surface area contributed by atoms with Crippen LogP contribution in [0, 0.1) is 13.8 Å². The van der Waals surface area contributed by atoms with Crippen molar-refractivity contribution in [3.05, 3.63) is 58.7 Å². The van der Waals surface area contributed by atoms with Crippen molar-refractivity contribution in [3.63, 3.8) is 0 Å². The van der Waals surface area contributed by atoms with Crippen molar-refractivity contribution in [1.29, 1.82) is 0 Å². The Morgan fingerprint density at radius 2 is 1.92 bits per heavy atom. The Morgan fingerprint density at radius 3 is 2.60 bits per heavy atom. The molecule has 2 aromatic carbocycles. The van der Waals surface area contributed by atoms with Crippen molar-refractivity contribution < 1.29 is 9.84 Å². The van der Waals surface area contributed by atoms with E-state index in [0.29, 0.717) is 24.8 Å². The lowest BCUT2D eigenvalue weighted by Gasteiger charge is -2.13. The van der Waals surface area contributed by atoms with Crippen molar-refractivity contribution in [1.82, 2.24) is 10.6 Å². The molecule has 0 aliphatic carbocycles. The largest absolute Gasteiger partial charge is 0.504 e. The number of phenolic OH excluding ortho intramolecular Hbond substituents is 1. The number of hydrogen-bond acceptors (Lipinski definition) is 3. The molecule has 3 N–H and O–H groups in total. The molecule has 134 valence electrons. The molecule has 2 aromatic rings. The lowest BCUT2D eigenvalue weighted by Crippen LogP contribution is -2.36. The third kappa shape index (κ3) is 5.14. The van der Waals surface area contributed by atoms with Crippen LogP contribution in [0.3, 0.4) is 0 Å². The van der Waals surface area contributed by atoms with Gasteiger partial charge in [-0.1, -0.05) is 35.9 Å². The summed E-state index contributed by atoms with van der Waals surface area (Å²) in [6, 6.07) is 11.8. The van der Waals surface area contributed by atoms with Gasteiger partial charge in [0.25, 0.3) is 0 Å². The number of nitrogens with zero attached hydrogens (tertiary/aromatic N) is 1. The molecule has 0 atom stereocenters. The number of aliphatic imine (C=N–C) groups is 1. The van der Waals surface area contributed by atoms with E-state index in [1.165, 1.54) is 23.8 Å². The average Bonchev–Trinajstić information content (AvgIpc) is 2.59. The van der Waals surface area contributed by atoms with Gasteiger partial charge >= 0.3 is 0 Å². The van der Waals surface area contributed by atoms with Gasteiger partial charge in [-0.05, 0) is 38.0 Å². The number of aromatic hydroxyl groups is 1. The predicted molar refractivity (Wildman–Crippen MR) is 102 cm³/mol. The zero-order valence-corrected chi connectivity index (χ0v) is 15.4. The van der Waals surface area contributed by atoms with Gasteiger partial charge in [0, 0.05) is 18.7 Å². The third-order valence-corrected chi connectivity index (χ3v) is 4.00. The van der Waals surface area contributed by atoms with Gasteiger partial charge < -0.3 is 20.5 Å². The second kappa shape index (κ2) is 8.97. The molecule has 0 spiro atoms. The van der Waals surface area contributed by atoms with Crippen LogP contribution in [0.4, 0.5) is 0 Å². The minimum absolute atomic E-state index is 0.138. The molecule has 0 bridgehead atoms. The quantitative estimate of drug-likeness (QED) is 0.557. The van der Waals surface area contributed by atoms with E-state index < -0.39 is 0 Å². The Bertz CT molecular complexity index is 742. The molecule has 0 fully saturated rings. The Labute approximate surface area is 149 Å². The fourth-order valence-corrected chi connectivity index (χ4v) is 2.59. The van der Waals surface area contributed by atoms with Gasteiger partial charge in [0.2, 0.25) is 0 Å². The molecule has 5 nitrogen and oxygen atoms in total. The summed E-state index contributed by atoms with van der Waals surface area (Å²) in [5.41, 5.74) is 4.48. The van der Waals surface area contributed by atoms with Crippen LogP contribution < -0.4 is 15.4 Å². The molecule has 0 aliphatic heterocycles. The molecule has 0 aliphatic rings. The molecule has 0 aromatic heterocycles. The van der Waals surface area contributed by atoms with Gasteiger partial charge in [0.15, 0.2) is 17.5 Å². The number of hydrogen-bond donors (Lipinski definition) is 3. The van der Waals surface area contributed by atoms with E-state index in [-0.39, 0.29) is 5.75 Å². The Hall–Kier alpha value is -2.69. The number of nitrogens with one attached hydrogen (secondary N) is 2. The lowest BCUT2D eigenvalue weighted by molar-refractivity contribution is 0.370. The SMILES string of the molecule is CCNC(=NCc1cccc(OC)c1O)NCc1ccc(C)cc1C. The molecule has 0 heterocycles. The summed E-state index contributed by atoms with van der Waals surface area (Å²) in [4.78, 5) is 4.56. The van der Waals surface area contributed by atoms with Crippen LogP contribution in [0.1, 0.15) is 29.2 Å². The highest BCUT2D eigenvalue weighted by atomic mass is 16.5. The number of benzene rings is 2. The van der Waals surface area contributed by atoms with E-state index in [1.807, 2.05) is 19.1 Å². The predicted octanol–water partition coefficient (Wildman–Crippen LogP) is 3.27. The first-order chi connectivity index (χ1) is 12.0. The standard InChI is InChI=1S/C20H27N3O2/c1-5-21-20(22-12-16-10-9-14(2)11-15(16)3)23-13-17-7-6-8-18(25-4)19(17)24/h6-11,24H,5,12-13H2,1-4H3,(H2,21,22,23). The first-order valence-corrected chi connectivity index (χ1v) is 8.48. The Morgan fingerprint density at radius 1 is 1.12 bits per heavy atom. The number of guanidine groups is 1. The number of phenols is 1. The molecule has 5 heteroatoms. The molecule has 2 rings (SSSR count). The first-order valence-electron chi connectivity index (χ1n) is 8.48. The molecular weight excluding hydrogens is 314 g/mol. The van der Waals surface area contributed by atoms with Crippen LogP contribution in [0.15, 0.2) is 41.4 Å². The summed E-state index contributed by atoms with van der Waals surface area (Å²) in [6.45, 7) is 8.06. The van der Waals surface area contributed by atoms with Crippen LogP contribution in [0.25, 0.3) is 0 Å². The van der Waals surface area contributed by atoms with Crippen LogP contribution >= 0.6 is 0 Å². The van der Waals surface area contributed by atoms with Gasteiger partial charge in [0.1, 0.15) is 0 Å². The first kappa shape index (κ1) is 18.6. The number of aryl methyl sites for hydroxylation is 2.